The van der Waals surface area contributed by atoms with Crippen LogP contribution in [0.4, 0.5) is 14.5 Å². The lowest BCUT2D eigenvalue weighted by molar-refractivity contribution is -0.114. The summed E-state index contributed by atoms with van der Waals surface area (Å²) in [6.07, 6.45) is 0.960. The smallest absolute Gasteiger partial charge is 0.299 e. The fourth-order valence-corrected chi connectivity index (χ4v) is 2.17. The maximum Gasteiger partial charge on any atom is 0.299 e. The highest BCUT2D eigenvalue weighted by molar-refractivity contribution is 6.52. The Kier molecular flexibility index (Phi) is 4.47. The van der Waals surface area contributed by atoms with Crippen molar-refractivity contribution in [2.24, 2.45) is 0 Å². The number of benzene rings is 1. The molecule has 1 N–H and O–H groups in total. The predicted molar refractivity (Wildman–Crippen MR) is 75.3 cm³/mol. The third-order valence-corrected chi connectivity index (χ3v) is 3.20. The Hall–Kier alpha value is -2.08. The van der Waals surface area contributed by atoms with Crippen molar-refractivity contribution in [2.45, 2.75) is 13.3 Å². The molecular formula is C15H16F2N2O2. The molecule has 1 aromatic carbocycles. The van der Waals surface area contributed by atoms with Crippen molar-refractivity contribution in [3.8, 4) is 0 Å². The third kappa shape index (κ3) is 3.00. The van der Waals surface area contributed by atoms with Crippen LogP contribution in [0.25, 0.3) is 0 Å². The van der Waals surface area contributed by atoms with Crippen LogP contribution >= 0.6 is 0 Å². The van der Waals surface area contributed by atoms with E-state index in [1.54, 1.807) is 0 Å². The lowest BCUT2D eigenvalue weighted by Gasteiger charge is -2.18. The summed E-state index contributed by atoms with van der Waals surface area (Å²) in [6.45, 7) is 7.24. The van der Waals surface area contributed by atoms with Gasteiger partial charge in [-0.1, -0.05) is 13.5 Å². The van der Waals surface area contributed by atoms with Gasteiger partial charge >= 0.3 is 0 Å². The van der Waals surface area contributed by atoms with E-state index in [-0.39, 0.29) is 17.8 Å². The van der Waals surface area contributed by atoms with E-state index in [1.165, 1.54) is 0 Å². The fraction of sp³-hybridized carbons (Fsp3) is 0.333. The standard InChI is InChI=1S/C15H16F2N2O2/c1-3-4-18-7-9(2)8-19-13-6-12(17)11(16)5-10(13)14(20)15(19)21/h5-6,18H,2-4,7-8H2,1H3. The molecule has 6 heteroatoms. The number of rotatable bonds is 6. The van der Waals surface area contributed by atoms with Gasteiger partial charge < -0.3 is 10.2 Å². The third-order valence-electron chi connectivity index (χ3n) is 3.20. The van der Waals surface area contributed by atoms with Gasteiger partial charge in [-0.3, -0.25) is 9.59 Å². The molecule has 0 saturated heterocycles. The largest absolute Gasteiger partial charge is 0.313 e. The van der Waals surface area contributed by atoms with E-state index >= 15 is 0 Å². The second kappa shape index (κ2) is 6.13. The summed E-state index contributed by atoms with van der Waals surface area (Å²) < 4.78 is 26.5. The Labute approximate surface area is 121 Å². The molecular weight excluding hydrogens is 278 g/mol. The highest BCUT2D eigenvalue weighted by Gasteiger charge is 2.37. The van der Waals surface area contributed by atoms with Crippen molar-refractivity contribution in [3.63, 3.8) is 0 Å². The molecule has 1 aromatic rings. The van der Waals surface area contributed by atoms with Crippen molar-refractivity contribution < 1.29 is 18.4 Å². The molecule has 1 heterocycles. The quantitative estimate of drug-likeness (QED) is 0.496. The zero-order valence-electron chi connectivity index (χ0n) is 11.7. The van der Waals surface area contributed by atoms with Crippen LogP contribution in [-0.2, 0) is 4.79 Å². The molecule has 1 aliphatic heterocycles. The normalized spacial score (nSPS) is 13.8. The number of fused-ring (bicyclic) bond motifs is 1. The van der Waals surface area contributed by atoms with Crippen molar-refractivity contribution in [1.82, 2.24) is 5.32 Å². The fourth-order valence-electron chi connectivity index (χ4n) is 2.17. The molecule has 112 valence electrons. The molecule has 0 radical (unpaired) electrons. The summed E-state index contributed by atoms with van der Waals surface area (Å²) in [7, 11) is 0. The molecule has 1 amide bonds. The Morgan fingerprint density at radius 3 is 2.62 bits per heavy atom. The summed E-state index contributed by atoms with van der Waals surface area (Å²) in [5.74, 6) is -3.83. The van der Waals surface area contributed by atoms with Gasteiger partial charge in [0, 0.05) is 19.2 Å². The molecule has 0 aliphatic carbocycles. The van der Waals surface area contributed by atoms with Gasteiger partial charge in [0.2, 0.25) is 0 Å². The van der Waals surface area contributed by atoms with Gasteiger partial charge in [0.25, 0.3) is 11.7 Å². The minimum absolute atomic E-state index is 0.0966. The van der Waals surface area contributed by atoms with Crippen molar-refractivity contribution in [1.29, 1.82) is 0 Å². The van der Waals surface area contributed by atoms with Crippen LogP contribution in [0.15, 0.2) is 24.3 Å². The van der Waals surface area contributed by atoms with Gasteiger partial charge in [0.15, 0.2) is 11.6 Å². The van der Waals surface area contributed by atoms with E-state index in [0.717, 1.165) is 30.0 Å². The van der Waals surface area contributed by atoms with E-state index in [1.807, 2.05) is 6.92 Å². The first-order chi connectivity index (χ1) is 9.95. The van der Waals surface area contributed by atoms with Crippen LogP contribution < -0.4 is 10.2 Å². The molecule has 21 heavy (non-hydrogen) atoms. The highest BCUT2D eigenvalue weighted by Crippen LogP contribution is 2.31. The van der Waals surface area contributed by atoms with Crippen LogP contribution in [0.1, 0.15) is 23.7 Å². The summed E-state index contributed by atoms with van der Waals surface area (Å²) in [5.41, 5.74) is 0.677. The van der Waals surface area contributed by atoms with Gasteiger partial charge in [0.1, 0.15) is 0 Å². The molecule has 0 atom stereocenters. The maximum absolute atomic E-state index is 13.3. The number of hydrogen-bond donors (Lipinski definition) is 1. The van der Waals surface area contributed by atoms with E-state index < -0.39 is 23.3 Å². The number of halogens is 2. The first kappa shape index (κ1) is 15.3. The molecule has 4 nitrogen and oxygen atoms in total. The number of carbonyl (C=O) groups is 2. The molecule has 0 spiro atoms. The highest BCUT2D eigenvalue weighted by atomic mass is 19.2. The number of ketones is 1. The van der Waals surface area contributed by atoms with E-state index in [9.17, 15) is 18.4 Å². The Bertz CT molecular complexity index is 614. The van der Waals surface area contributed by atoms with E-state index in [0.29, 0.717) is 12.1 Å². The first-order valence-corrected chi connectivity index (χ1v) is 6.68. The van der Waals surface area contributed by atoms with Gasteiger partial charge in [-0.25, -0.2) is 8.78 Å². The predicted octanol–water partition coefficient (Wildman–Crippen LogP) is 2.05. The SMILES string of the molecule is C=C(CNCCC)CN1C(=O)C(=O)c2cc(F)c(F)cc21. The summed E-state index contributed by atoms with van der Waals surface area (Å²) in [5, 5.41) is 3.12. The molecule has 0 aromatic heterocycles. The zero-order chi connectivity index (χ0) is 15.6. The average Bonchev–Trinajstić information content (AvgIpc) is 2.65. The summed E-state index contributed by atoms with van der Waals surface area (Å²) in [6, 6.07) is 1.64. The Morgan fingerprint density at radius 1 is 1.29 bits per heavy atom. The first-order valence-electron chi connectivity index (χ1n) is 6.68. The van der Waals surface area contributed by atoms with Gasteiger partial charge in [-0.2, -0.15) is 0 Å². The van der Waals surface area contributed by atoms with Crippen LogP contribution in [0, 0.1) is 11.6 Å². The number of hydrogen-bond acceptors (Lipinski definition) is 3. The second-order valence-corrected chi connectivity index (χ2v) is 4.93. The molecule has 0 unspecified atom stereocenters. The molecule has 0 fully saturated rings. The number of carbonyl (C=O) groups excluding carboxylic acids is 2. The van der Waals surface area contributed by atoms with Crippen LogP contribution in [0.2, 0.25) is 0 Å². The minimum Gasteiger partial charge on any atom is -0.313 e. The number of anilines is 1. The average molecular weight is 294 g/mol. The number of nitrogens with zero attached hydrogens (tertiary/aromatic N) is 1. The van der Waals surface area contributed by atoms with Gasteiger partial charge in [0.05, 0.1) is 11.3 Å². The van der Waals surface area contributed by atoms with E-state index in [4.69, 9.17) is 0 Å². The topological polar surface area (TPSA) is 49.4 Å². The number of Topliss-reactive ketones (excluding diaryl/α,β-unsaturated/α-hetero) is 1. The van der Waals surface area contributed by atoms with Crippen molar-refractivity contribution in [2.75, 3.05) is 24.5 Å². The number of amides is 1. The van der Waals surface area contributed by atoms with E-state index in [2.05, 4.69) is 11.9 Å². The van der Waals surface area contributed by atoms with Gasteiger partial charge in [-0.15, -0.1) is 0 Å². The second-order valence-electron chi connectivity index (χ2n) is 4.93. The van der Waals surface area contributed by atoms with Gasteiger partial charge in [-0.05, 0) is 24.6 Å². The molecule has 2 rings (SSSR count). The zero-order valence-corrected chi connectivity index (χ0v) is 11.7. The van der Waals surface area contributed by atoms with Crippen LogP contribution in [0.3, 0.4) is 0 Å². The lowest BCUT2D eigenvalue weighted by Crippen LogP contribution is -2.33. The summed E-state index contributed by atoms with van der Waals surface area (Å²) in [4.78, 5) is 24.8. The van der Waals surface area contributed by atoms with Crippen LogP contribution in [-0.4, -0.2) is 31.3 Å². The Morgan fingerprint density at radius 2 is 1.95 bits per heavy atom. The van der Waals surface area contributed by atoms with Crippen LogP contribution in [0.5, 0.6) is 0 Å². The lowest BCUT2D eigenvalue weighted by atomic mass is 10.1. The van der Waals surface area contributed by atoms with Crippen molar-refractivity contribution >= 4 is 17.4 Å². The summed E-state index contributed by atoms with van der Waals surface area (Å²) >= 11 is 0. The number of nitrogens with one attached hydrogen (secondary N) is 1. The molecule has 0 bridgehead atoms. The van der Waals surface area contributed by atoms with Crippen molar-refractivity contribution in [3.05, 3.63) is 41.5 Å². The molecule has 0 saturated carbocycles. The minimum atomic E-state index is -1.14. The monoisotopic (exact) mass is 294 g/mol. The maximum atomic E-state index is 13.3. The Balaban J connectivity index is 2.19. The molecule has 1 aliphatic rings.